The van der Waals surface area contributed by atoms with Crippen LogP contribution < -0.4 is 14.8 Å². The average molecular weight is 539 g/mol. The molecule has 0 spiro atoms. The van der Waals surface area contributed by atoms with Crippen LogP contribution in [0.25, 0.3) is 0 Å². The highest BCUT2D eigenvalue weighted by Gasteiger charge is 2.27. The number of halogens is 1. The molecule has 1 atom stereocenters. The first-order valence-electron chi connectivity index (χ1n) is 10.9. The fourth-order valence-corrected chi connectivity index (χ4v) is 4.50. The van der Waals surface area contributed by atoms with Gasteiger partial charge in [-0.05, 0) is 55.4 Å². The van der Waals surface area contributed by atoms with Crippen LogP contribution in [0, 0.1) is 0 Å². The molecule has 1 N–H and O–H groups in total. The van der Waals surface area contributed by atoms with Crippen molar-refractivity contribution in [1.29, 1.82) is 0 Å². The quantitative estimate of drug-likeness (QED) is 0.343. The molecular formula is C23H34IN5O2. The van der Waals surface area contributed by atoms with Gasteiger partial charge in [-0.15, -0.1) is 24.0 Å². The molecule has 2 heterocycles. The van der Waals surface area contributed by atoms with Crippen molar-refractivity contribution >= 4 is 29.9 Å². The number of nitrogens with one attached hydrogen (secondary N) is 1. The first kappa shape index (κ1) is 23.7. The van der Waals surface area contributed by atoms with E-state index in [4.69, 9.17) is 9.47 Å². The molecule has 2 aliphatic rings. The molecule has 7 nitrogen and oxygen atoms in total. The van der Waals surface area contributed by atoms with Crippen LogP contribution in [0.5, 0.6) is 11.5 Å². The van der Waals surface area contributed by atoms with Gasteiger partial charge in [0.1, 0.15) is 0 Å². The Bertz CT molecular complexity index is 879. The van der Waals surface area contributed by atoms with Gasteiger partial charge in [0.05, 0.1) is 19.4 Å². The van der Waals surface area contributed by atoms with Crippen LogP contribution in [0.3, 0.4) is 0 Å². The number of rotatable bonds is 6. The van der Waals surface area contributed by atoms with Crippen LogP contribution in [0.2, 0.25) is 0 Å². The van der Waals surface area contributed by atoms with Crippen molar-refractivity contribution in [3.63, 3.8) is 0 Å². The molecule has 0 bridgehead atoms. The highest BCUT2D eigenvalue weighted by Crippen LogP contribution is 2.32. The molecule has 0 radical (unpaired) electrons. The number of hydrogen-bond acceptors (Lipinski definition) is 4. The largest absolute Gasteiger partial charge is 0.493 e. The summed E-state index contributed by atoms with van der Waals surface area (Å²) in [5.41, 5.74) is 2.47. The summed E-state index contributed by atoms with van der Waals surface area (Å²) in [4.78, 5) is 6.84. The lowest BCUT2D eigenvalue weighted by molar-refractivity contribution is 0.200. The van der Waals surface area contributed by atoms with Crippen LogP contribution in [-0.2, 0) is 13.6 Å². The molecule has 31 heavy (non-hydrogen) atoms. The zero-order chi connectivity index (χ0) is 20.9. The van der Waals surface area contributed by atoms with Crippen LogP contribution in [0.4, 0.5) is 0 Å². The van der Waals surface area contributed by atoms with Crippen molar-refractivity contribution in [1.82, 2.24) is 20.0 Å². The monoisotopic (exact) mass is 539 g/mol. The number of ether oxygens (including phenoxy) is 2. The van der Waals surface area contributed by atoms with E-state index in [1.54, 1.807) is 7.11 Å². The smallest absolute Gasteiger partial charge is 0.193 e. The summed E-state index contributed by atoms with van der Waals surface area (Å²) >= 11 is 0. The van der Waals surface area contributed by atoms with Crippen LogP contribution in [0.1, 0.15) is 49.1 Å². The van der Waals surface area contributed by atoms with Crippen LogP contribution in [0.15, 0.2) is 35.6 Å². The fraction of sp³-hybridized carbons (Fsp3) is 0.565. The van der Waals surface area contributed by atoms with E-state index in [0.717, 1.165) is 55.4 Å². The Labute approximate surface area is 202 Å². The van der Waals surface area contributed by atoms with Crippen molar-refractivity contribution in [2.45, 2.75) is 50.7 Å². The molecule has 2 aromatic rings. The van der Waals surface area contributed by atoms with E-state index in [1.165, 1.54) is 18.4 Å². The Morgan fingerprint density at radius 1 is 1.23 bits per heavy atom. The summed E-state index contributed by atoms with van der Waals surface area (Å²) in [5.74, 6) is 3.09. The second-order valence-electron chi connectivity index (χ2n) is 8.29. The van der Waals surface area contributed by atoms with Crippen LogP contribution in [-0.4, -0.2) is 54.0 Å². The van der Waals surface area contributed by atoms with Gasteiger partial charge >= 0.3 is 0 Å². The number of aromatic nitrogens is 2. The lowest BCUT2D eigenvalue weighted by Crippen LogP contribution is -2.39. The molecule has 170 valence electrons. The Hall–Kier alpha value is -1.97. The van der Waals surface area contributed by atoms with E-state index in [9.17, 15) is 0 Å². The van der Waals surface area contributed by atoms with E-state index < -0.39 is 0 Å². The zero-order valence-corrected chi connectivity index (χ0v) is 21.0. The van der Waals surface area contributed by atoms with Crippen LogP contribution >= 0.6 is 24.0 Å². The Morgan fingerprint density at radius 2 is 2.03 bits per heavy atom. The first-order chi connectivity index (χ1) is 14.7. The predicted octanol–water partition coefficient (Wildman–Crippen LogP) is 3.93. The molecule has 4 rings (SSSR count). The van der Waals surface area contributed by atoms with E-state index in [-0.39, 0.29) is 24.0 Å². The van der Waals surface area contributed by atoms with Gasteiger partial charge in [0.2, 0.25) is 0 Å². The number of benzene rings is 1. The summed E-state index contributed by atoms with van der Waals surface area (Å²) in [6, 6.07) is 6.18. The van der Waals surface area contributed by atoms with Gasteiger partial charge in [-0.2, -0.15) is 5.10 Å². The summed E-state index contributed by atoms with van der Waals surface area (Å²) < 4.78 is 13.6. The molecule has 1 unspecified atom stereocenters. The highest BCUT2D eigenvalue weighted by atomic mass is 127. The third-order valence-electron chi connectivity index (χ3n) is 6.17. The number of aliphatic imine (C=N–C) groups is 1. The number of likely N-dealkylation sites (tertiary alicyclic amines) is 1. The number of methoxy groups -OCH3 is 1. The first-order valence-corrected chi connectivity index (χ1v) is 10.9. The minimum atomic E-state index is 0. The van der Waals surface area contributed by atoms with E-state index >= 15 is 0 Å². The topological polar surface area (TPSA) is 63.9 Å². The number of hydrogen-bond donors (Lipinski definition) is 1. The fourth-order valence-electron chi connectivity index (χ4n) is 4.50. The molecule has 2 fully saturated rings. The SMILES string of the molecule is CN=C(NCc1ccc(OC)c(OC2CCCC2)c1)N1CCC(c2cnn(C)c2)C1.I. The zero-order valence-electron chi connectivity index (χ0n) is 18.7. The van der Waals surface area contributed by atoms with Gasteiger partial charge in [0.25, 0.3) is 0 Å². The van der Waals surface area contributed by atoms with Gasteiger partial charge in [-0.25, -0.2) is 0 Å². The maximum absolute atomic E-state index is 6.23. The molecule has 1 aliphatic carbocycles. The third-order valence-corrected chi connectivity index (χ3v) is 6.17. The molecule has 1 saturated carbocycles. The van der Waals surface area contributed by atoms with Gasteiger partial charge < -0.3 is 19.7 Å². The maximum Gasteiger partial charge on any atom is 0.193 e. The van der Waals surface area contributed by atoms with E-state index in [1.807, 2.05) is 31.0 Å². The number of nitrogens with zero attached hydrogens (tertiary/aromatic N) is 4. The van der Waals surface area contributed by atoms with Crippen molar-refractivity contribution < 1.29 is 9.47 Å². The third kappa shape index (κ3) is 5.84. The maximum atomic E-state index is 6.23. The summed E-state index contributed by atoms with van der Waals surface area (Å²) in [6.45, 7) is 2.66. The number of aryl methyl sites for hydroxylation is 1. The van der Waals surface area contributed by atoms with Gasteiger partial charge in [-0.1, -0.05) is 6.07 Å². The second-order valence-corrected chi connectivity index (χ2v) is 8.29. The molecule has 1 aliphatic heterocycles. The molecule has 0 amide bonds. The predicted molar refractivity (Wildman–Crippen MR) is 134 cm³/mol. The summed E-state index contributed by atoms with van der Waals surface area (Å²) in [7, 11) is 5.52. The Kier molecular flexibility index (Phi) is 8.45. The number of guanidine groups is 1. The van der Waals surface area contributed by atoms with Crippen molar-refractivity contribution in [2.75, 3.05) is 27.2 Å². The Morgan fingerprint density at radius 3 is 2.71 bits per heavy atom. The van der Waals surface area contributed by atoms with Crippen molar-refractivity contribution in [3.05, 3.63) is 41.7 Å². The summed E-state index contributed by atoms with van der Waals surface area (Å²) in [6.07, 6.45) is 10.3. The van der Waals surface area contributed by atoms with E-state index in [2.05, 4.69) is 38.6 Å². The van der Waals surface area contributed by atoms with Gasteiger partial charge in [0, 0.05) is 45.8 Å². The second kappa shape index (κ2) is 11.1. The van der Waals surface area contributed by atoms with E-state index in [0.29, 0.717) is 18.6 Å². The van der Waals surface area contributed by atoms with Crippen molar-refractivity contribution in [2.24, 2.45) is 12.0 Å². The molecular weight excluding hydrogens is 505 g/mol. The molecule has 8 heteroatoms. The highest BCUT2D eigenvalue weighted by molar-refractivity contribution is 14.0. The normalized spacial score (nSPS) is 19.4. The van der Waals surface area contributed by atoms with Crippen molar-refractivity contribution in [3.8, 4) is 11.5 Å². The minimum Gasteiger partial charge on any atom is -0.493 e. The molecule has 1 aromatic heterocycles. The summed E-state index contributed by atoms with van der Waals surface area (Å²) in [5, 5.41) is 7.84. The standard InChI is InChI=1S/C23H33N5O2.HI/c1-24-23(28-11-10-18(16-28)19-14-26-27(2)15-19)25-13-17-8-9-21(29-3)22(12-17)30-20-6-4-5-7-20;/h8-9,12,14-15,18,20H,4-7,10-11,13,16H2,1-3H3,(H,24,25);1H. The van der Waals surface area contributed by atoms with Gasteiger partial charge in [-0.3, -0.25) is 9.67 Å². The minimum absolute atomic E-state index is 0. The average Bonchev–Trinajstić information content (AvgIpc) is 3.51. The van der Waals surface area contributed by atoms with Gasteiger partial charge in [0.15, 0.2) is 17.5 Å². The lowest BCUT2D eigenvalue weighted by atomic mass is 10.0. The molecule has 1 aromatic carbocycles. The molecule has 1 saturated heterocycles. The Balaban J connectivity index is 0.00000272. The lowest BCUT2D eigenvalue weighted by Gasteiger charge is -2.22.